The van der Waals surface area contributed by atoms with E-state index in [1.54, 1.807) is 0 Å². The number of nitrogens with two attached hydrogens (primary N) is 1. The van der Waals surface area contributed by atoms with E-state index in [0.29, 0.717) is 13.2 Å². The number of rotatable bonds is 6. The third kappa shape index (κ3) is 3.04. The molecule has 1 aliphatic rings. The van der Waals surface area contributed by atoms with Crippen molar-refractivity contribution in [1.82, 2.24) is 4.90 Å². The van der Waals surface area contributed by atoms with Crippen molar-refractivity contribution in [3.63, 3.8) is 0 Å². The molecule has 1 aliphatic heterocycles. The molecule has 2 unspecified atom stereocenters. The number of hydrogen-bond acceptors (Lipinski definition) is 3. The number of morpholine rings is 1. The lowest BCUT2D eigenvalue weighted by Crippen LogP contribution is -2.64. The highest BCUT2D eigenvalue weighted by molar-refractivity contribution is 5.80. The molecule has 0 spiro atoms. The van der Waals surface area contributed by atoms with Gasteiger partial charge >= 0.3 is 0 Å². The van der Waals surface area contributed by atoms with Gasteiger partial charge in [0.15, 0.2) is 0 Å². The molecule has 1 heterocycles. The van der Waals surface area contributed by atoms with Crippen LogP contribution in [0.2, 0.25) is 0 Å². The van der Waals surface area contributed by atoms with Gasteiger partial charge in [0.05, 0.1) is 19.3 Å². The van der Waals surface area contributed by atoms with Crippen LogP contribution in [-0.2, 0) is 9.53 Å². The zero-order chi connectivity index (χ0) is 13.8. The van der Waals surface area contributed by atoms with E-state index in [0.717, 1.165) is 25.8 Å². The summed E-state index contributed by atoms with van der Waals surface area (Å²) in [7, 11) is 0. The molecule has 106 valence electrons. The van der Waals surface area contributed by atoms with Crippen LogP contribution in [0.3, 0.4) is 0 Å². The smallest absolute Gasteiger partial charge is 0.235 e. The molecule has 2 N–H and O–H groups in total. The standard InChI is InChI=1S/C14H28N2O2/c1-5-7-14(6-2)10-18-9-8-16(14)12(11(3)4)13(15)17/h11-12H,5-10H2,1-4H3,(H2,15,17). The van der Waals surface area contributed by atoms with Gasteiger partial charge in [-0.15, -0.1) is 0 Å². The topological polar surface area (TPSA) is 55.6 Å². The van der Waals surface area contributed by atoms with Crippen molar-refractivity contribution in [2.24, 2.45) is 11.7 Å². The lowest BCUT2D eigenvalue weighted by molar-refractivity contribution is -0.140. The van der Waals surface area contributed by atoms with Gasteiger partial charge in [-0.1, -0.05) is 34.1 Å². The maximum atomic E-state index is 11.8. The Morgan fingerprint density at radius 3 is 2.56 bits per heavy atom. The van der Waals surface area contributed by atoms with Gasteiger partial charge in [0.25, 0.3) is 0 Å². The zero-order valence-electron chi connectivity index (χ0n) is 12.2. The van der Waals surface area contributed by atoms with E-state index in [2.05, 4.69) is 32.6 Å². The number of primary amides is 1. The van der Waals surface area contributed by atoms with Crippen LogP contribution < -0.4 is 5.73 Å². The summed E-state index contributed by atoms with van der Waals surface area (Å²) in [6.45, 7) is 10.7. The molecule has 1 amide bonds. The Kier molecular flexibility index (Phi) is 5.60. The summed E-state index contributed by atoms with van der Waals surface area (Å²) in [5.74, 6) is 0.0317. The Balaban J connectivity index is 3.02. The van der Waals surface area contributed by atoms with Crippen LogP contribution in [0.4, 0.5) is 0 Å². The lowest BCUT2D eigenvalue weighted by Gasteiger charge is -2.50. The Labute approximate surface area is 111 Å². The highest BCUT2D eigenvalue weighted by Crippen LogP contribution is 2.32. The Morgan fingerprint density at radius 1 is 1.44 bits per heavy atom. The fraction of sp³-hybridized carbons (Fsp3) is 0.929. The van der Waals surface area contributed by atoms with Crippen LogP contribution in [0.15, 0.2) is 0 Å². The van der Waals surface area contributed by atoms with Crippen molar-refractivity contribution in [3.05, 3.63) is 0 Å². The Bertz CT molecular complexity index is 277. The second kappa shape index (κ2) is 6.53. The number of nitrogens with zero attached hydrogens (tertiary/aromatic N) is 1. The molecule has 0 saturated carbocycles. The molecule has 0 aromatic rings. The average Bonchev–Trinajstić information content (AvgIpc) is 2.31. The molecule has 0 aromatic carbocycles. The van der Waals surface area contributed by atoms with Gasteiger partial charge in [-0.05, 0) is 18.8 Å². The number of carbonyl (C=O) groups is 1. The zero-order valence-corrected chi connectivity index (χ0v) is 12.2. The summed E-state index contributed by atoms with van der Waals surface area (Å²) < 4.78 is 5.68. The van der Waals surface area contributed by atoms with Gasteiger partial charge in [-0.25, -0.2) is 0 Å². The third-order valence-corrected chi connectivity index (χ3v) is 4.09. The van der Waals surface area contributed by atoms with Gasteiger partial charge in [0, 0.05) is 12.1 Å². The van der Waals surface area contributed by atoms with Crippen LogP contribution in [0.5, 0.6) is 0 Å². The molecular formula is C14H28N2O2. The molecule has 18 heavy (non-hydrogen) atoms. The first kappa shape index (κ1) is 15.4. The van der Waals surface area contributed by atoms with E-state index < -0.39 is 0 Å². The molecule has 4 heteroatoms. The van der Waals surface area contributed by atoms with E-state index >= 15 is 0 Å². The largest absolute Gasteiger partial charge is 0.378 e. The van der Waals surface area contributed by atoms with Crippen molar-refractivity contribution in [2.45, 2.75) is 58.5 Å². The second-order valence-corrected chi connectivity index (χ2v) is 5.67. The maximum Gasteiger partial charge on any atom is 0.235 e. The minimum atomic E-state index is -0.208. The maximum absolute atomic E-state index is 11.8. The van der Waals surface area contributed by atoms with E-state index in [1.165, 1.54) is 0 Å². The van der Waals surface area contributed by atoms with Crippen LogP contribution in [0.1, 0.15) is 47.0 Å². The first-order chi connectivity index (χ1) is 8.48. The summed E-state index contributed by atoms with van der Waals surface area (Å²) >= 11 is 0. The number of hydrogen-bond donors (Lipinski definition) is 1. The summed E-state index contributed by atoms with van der Waals surface area (Å²) in [5, 5.41) is 0. The van der Waals surface area contributed by atoms with Crippen molar-refractivity contribution in [1.29, 1.82) is 0 Å². The highest BCUT2D eigenvalue weighted by atomic mass is 16.5. The van der Waals surface area contributed by atoms with Gasteiger partial charge in [0.1, 0.15) is 0 Å². The predicted molar refractivity (Wildman–Crippen MR) is 73.3 cm³/mol. The minimum Gasteiger partial charge on any atom is -0.378 e. The summed E-state index contributed by atoms with van der Waals surface area (Å²) in [6.07, 6.45) is 3.15. The first-order valence-corrected chi connectivity index (χ1v) is 7.12. The third-order valence-electron chi connectivity index (χ3n) is 4.09. The van der Waals surface area contributed by atoms with Crippen molar-refractivity contribution < 1.29 is 9.53 Å². The molecule has 0 bridgehead atoms. The van der Waals surface area contributed by atoms with E-state index in [-0.39, 0.29) is 23.4 Å². The van der Waals surface area contributed by atoms with Crippen LogP contribution >= 0.6 is 0 Å². The number of ether oxygens (including phenoxy) is 1. The molecule has 4 nitrogen and oxygen atoms in total. The Morgan fingerprint density at radius 2 is 2.11 bits per heavy atom. The van der Waals surface area contributed by atoms with E-state index in [9.17, 15) is 4.79 Å². The summed E-state index contributed by atoms with van der Waals surface area (Å²) in [4.78, 5) is 14.1. The van der Waals surface area contributed by atoms with Crippen LogP contribution in [0, 0.1) is 5.92 Å². The summed E-state index contributed by atoms with van der Waals surface area (Å²) in [6, 6.07) is -0.180. The molecule has 1 rings (SSSR count). The molecular weight excluding hydrogens is 228 g/mol. The second-order valence-electron chi connectivity index (χ2n) is 5.67. The van der Waals surface area contributed by atoms with Gasteiger partial charge < -0.3 is 10.5 Å². The molecule has 2 atom stereocenters. The van der Waals surface area contributed by atoms with E-state index in [1.807, 2.05) is 0 Å². The Hall–Kier alpha value is -0.610. The monoisotopic (exact) mass is 256 g/mol. The van der Waals surface area contributed by atoms with Crippen LogP contribution in [-0.4, -0.2) is 42.1 Å². The van der Waals surface area contributed by atoms with Gasteiger partial charge in [-0.3, -0.25) is 9.69 Å². The molecule has 1 saturated heterocycles. The normalized spacial score (nSPS) is 27.4. The van der Waals surface area contributed by atoms with E-state index in [4.69, 9.17) is 10.5 Å². The minimum absolute atomic E-state index is 0.0169. The highest BCUT2D eigenvalue weighted by Gasteiger charge is 2.43. The predicted octanol–water partition coefficient (Wildman–Crippen LogP) is 1.78. The molecule has 0 radical (unpaired) electrons. The number of carbonyl (C=O) groups excluding carboxylic acids is 1. The fourth-order valence-electron chi connectivity index (χ4n) is 3.18. The average molecular weight is 256 g/mol. The molecule has 0 aliphatic carbocycles. The first-order valence-electron chi connectivity index (χ1n) is 7.12. The SMILES string of the molecule is CCCC1(CC)COCCN1C(C(N)=O)C(C)C. The molecule has 1 fully saturated rings. The van der Waals surface area contributed by atoms with Gasteiger partial charge in [0.2, 0.25) is 5.91 Å². The van der Waals surface area contributed by atoms with Crippen LogP contribution in [0.25, 0.3) is 0 Å². The van der Waals surface area contributed by atoms with Gasteiger partial charge in [-0.2, -0.15) is 0 Å². The lowest BCUT2D eigenvalue weighted by atomic mass is 9.84. The van der Waals surface area contributed by atoms with Crippen molar-refractivity contribution in [3.8, 4) is 0 Å². The molecule has 0 aromatic heterocycles. The fourth-order valence-corrected chi connectivity index (χ4v) is 3.18. The van der Waals surface area contributed by atoms with Crippen molar-refractivity contribution in [2.75, 3.05) is 19.8 Å². The van der Waals surface area contributed by atoms with Crippen molar-refractivity contribution >= 4 is 5.91 Å². The summed E-state index contributed by atoms with van der Waals surface area (Å²) in [5.41, 5.74) is 5.60. The quantitative estimate of drug-likeness (QED) is 0.788. The number of amides is 1.